The zero-order valence-corrected chi connectivity index (χ0v) is 16.7. The molecule has 0 N–H and O–H groups in total. The van der Waals surface area contributed by atoms with Crippen molar-refractivity contribution in [3.8, 4) is 22.3 Å². The maximum atomic E-state index is 13.4. The predicted molar refractivity (Wildman–Crippen MR) is 118 cm³/mol. The molecule has 0 fully saturated rings. The molecule has 142 valence electrons. The van der Waals surface area contributed by atoms with Gasteiger partial charge < -0.3 is 0 Å². The van der Waals surface area contributed by atoms with Crippen LogP contribution in [0.5, 0.6) is 0 Å². The van der Waals surface area contributed by atoms with Crippen molar-refractivity contribution in [1.29, 1.82) is 0 Å². The Bertz CT molecular complexity index is 1410. The number of hydrogen-bond acceptors (Lipinski definition) is 2. The Hall–Kier alpha value is -3.37. The van der Waals surface area contributed by atoms with Gasteiger partial charge in [-0.1, -0.05) is 78.4 Å². The third kappa shape index (κ3) is 2.84. The molecule has 1 heterocycles. The molecule has 0 spiro atoms. The maximum Gasteiger partial charge on any atom is 0.268 e. The zero-order valence-electron chi connectivity index (χ0n) is 15.9. The van der Waals surface area contributed by atoms with Gasteiger partial charge in [0.1, 0.15) is 0 Å². The van der Waals surface area contributed by atoms with Crippen LogP contribution in [-0.4, -0.2) is 12.4 Å². The van der Waals surface area contributed by atoms with Crippen LogP contribution in [0.3, 0.4) is 0 Å². The average Bonchev–Trinajstić information content (AvgIpc) is 3.22. The van der Waals surface area contributed by atoms with Crippen molar-refractivity contribution in [3.63, 3.8) is 0 Å². The second-order valence-electron chi connectivity index (χ2n) is 7.20. The molecule has 2 aliphatic rings. The summed E-state index contributed by atoms with van der Waals surface area (Å²) in [5.41, 5.74) is 5.88. The minimum absolute atomic E-state index is 0.286. The average molecular weight is 397 g/mol. The third-order valence-corrected chi connectivity index (χ3v) is 7.03. The number of aromatic nitrogens is 1. The molecule has 0 saturated heterocycles. The molecule has 0 amide bonds. The van der Waals surface area contributed by atoms with Gasteiger partial charge in [-0.2, -0.15) is 0 Å². The monoisotopic (exact) mass is 397 g/mol. The number of fused-ring (bicyclic) bond motifs is 2. The Balaban J connectivity index is 1.77. The minimum Gasteiger partial charge on any atom is -0.241 e. The zero-order chi connectivity index (χ0) is 20.0. The number of benzene rings is 2. The van der Waals surface area contributed by atoms with E-state index >= 15 is 0 Å². The van der Waals surface area contributed by atoms with Crippen LogP contribution in [0, 0.1) is 6.92 Å². The van der Waals surface area contributed by atoms with E-state index in [1.54, 1.807) is 18.3 Å². The fourth-order valence-electron chi connectivity index (χ4n) is 3.84. The molecule has 0 atom stereocenters. The summed E-state index contributed by atoms with van der Waals surface area (Å²) in [5, 5.41) is 0.919. The molecular formula is C25H19NO2S. The standard InChI is InChI=1S/C25H19NO2S/c1-18-11-14-20(15-12-18)29(27,28)26-17-24(23-9-5-6-10-25(23)26)22-16-13-19-7-3-2-4-8-21(19)22/h2-17H,1H3. The summed E-state index contributed by atoms with van der Waals surface area (Å²) >= 11 is 0. The number of rotatable bonds is 3. The molecule has 3 nitrogen and oxygen atoms in total. The summed E-state index contributed by atoms with van der Waals surface area (Å²) in [5.74, 6) is 0. The van der Waals surface area contributed by atoms with Gasteiger partial charge >= 0.3 is 0 Å². The molecule has 3 aromatic rings. The highest BCUT2D eigenvalue weighted by molar-refractivity contribution is 7.90. The minimum atomic E-state index is -3.70. The molecule has 0 saturated carbocycles. The summed E-state index contributed by atoms with van der Waals surface area (Å²) < 4.78 is 28.2. The van der Waals surface area contributed by atoms with Crippen molar-refractivity contribution >= 4 is 20.9 Å². The van der Waals surface area contributed by atoms with E-state index in [2.05, 4.69) is 24.3 Å². The van der Waals surface area contributed by atoms with E-state index < -0.39 is 10.0 Å². The normalized spacial score (nSPS) is 11.9. The van der Waals surface area contributed by atoms with Crippen molar-refractivity contribution in [3.05, 3.63) is 103 Å². The van der Waals surface area contributed by atoms with Gasteiger partial charge in [0.15, 0.2) is 0 Å². The summed E-state index contributed by atoms with van der Waals surface area (Å²) in [6, 6.07) is 28.9. The van der Waals surface area contributed by atoms with Gasteiger partial charge in [-0.05, 0) is 41.8 Å². The van der Waals surface area contributed by atoms with Gasteiger partial charge in [0.05, 0.1) is 10.4 Å². The van der Waals surface area contributed by atoms with Gasteiger partial charge in [-0.25, -0.2) is 12.4 Å². The van der Waals surface area contributed by atoms with E-state index in [4.69, 9.17) is 0 Å². The molecule has 4 heteroatoms. The topological polar surface area (TPSA) is 39.1 Å². The Labute approximate surface area is 170 Å². The smallest absolute Gasteiger partial charge is 0.241 e. The van der Waals surface area contributed by atoms with E-state index in [9.17, 15) is 8.42 Å². The molecule has 0 aliphatic heterocycles. The Morgan fingerprint density at radius 3 is 2.21 bits per heavy atom. The van der Waals surface area contributed by atoms with Gasteiger partial charge in [0, 0.05) is 17.1 Å². The molecule has 5 rings (SSSR count). The highest BCUT2D eigenvalue weighted by Gasteiger charge is 2.23. The van der Waals surface area contributed by atoms with E-state index in [1.165, 1.54) is 3.97 Å². The first-order chi connectivity index (χ1) is 14.1. The van der Waals surface area contributed by atoms with Crippen LogP contribution in [0.15, 0.2) is 102 Å². The molecule has 0 bridgehead atoms. The van der Waals surface area contributed by atoms with E-state index in [0.29, 0.717) is 5.52 Å². The van der Waals surface area contributed by atoms with Crippen LogP contribution in [0.1, 0.15) is 5.56 Å². The fourth-order valence-corrected chi connectivity index (χ4v) is 5.21. The van der Waals surface area contributed by atoms with E-state index in [0.717, 1.165) is 33.2 Å². The summed E-state index contributed by atoms with van der Waals surface area (Å²) in [6.45, 7) is 1.94. The molecule has 29 heavy (non-hydrogen) atoms. The lowest BCUT2D eigenvalue weighted by Crippen LogP contribution is -2.11. The number of nitrogens with zero attached hydrogens (tertiary/aromatic N) is 1. The molecule has 2 aromatic carbocycles. The van der Waals surface area contributed by atoms with Crippen LogP contribution >= 0.6 is 0 Å². The lowest BCUT2D eigenvalue weighted by Gasteiger charge is -2.07. The van der Waals surface area contributed by atoms with Gasteiger partial charge in [-0.15, -0.1) is 0 Å². The van der Waals surface area contributed by atoms with Crippen molar-refractivity contribution in [2.45, 2.75) is 11.8 Å². The second kappa shape index (κ2) is 6.61. The fraction of sp³-hybridized carbons (Fsp3) is 0.0400. The molecule has 0 radical (unpaired) electrons. The number of aryl methyl sites for hydroxylation is 1. The SMILES string of the molecule is Cc1ccc(S(=O)(=O)n2cc(-c3ccc4cccccc3-4)c3ccccc32)cc1. The highest BCUT2D eigenvalue weighted by Crippen LogP contribution is 2.40. The van der Waals surface area contributed by atoms with Crippen LogP contribution in [0.25, 0.3) is 33.2 Å². The molecule has 1 aromatic heterocycles. The second-order valence-corrected chi connectivity index (χ2v) is 9.02. The largest absolute Gasteiger partial charge is 0.268 e. The molecule has 2 aliphatic carbocycles. The first-order valence-corrected chi connectivity index (χ1v) is 10.9. The van der Waals surface area contributed by atoms with Crippen LogP contribution in [0.2, 0.25) is 0 Å². The summed E-state index contributed by atoms with van der Waals surface area (Å²) in [6.07, 6.45) is 1.75. The van der Waals surface area contributed by atoms with Gasteiger partial charge in [-0.3, -0.25) is 0 Å². The third-order valence-electron chi connectivity index (χ3n) is 5.34. The lowest BCUT2D eigenvalue weighted by molar-refractivity contribution is 0.589. The first kappa shape index (κ1) is 17.7. The Morgan fingerprint density at radius 2 is 1.38 bits per heavy atom. The predicted octanol–water partition coefficient (Wildman–Crippen LogP) is 5.96. The van der Waals surface area contributed by atoms with Crippen LogP contribution < -0.4 is 0 Å². The molecule has 0 unspecified atom stereocenters. The summed E-state index contributed by atoms with van der Waals surface area (Å²) in [7, 11) is -3.70. The van der Waals surface area contributed by atoms with Crippen molar-refractivity contribution in [2.75, 3.05) is 0 Å². The first-order valence-electron chi connectivity index (χ1n) is 9.46. The van der Waals surface area contributed by atoms with Gasteiger partial charge in [0.2, 0.25) is 0 Å². The van der Waals surface area contributed by atoms with Crippen molar-refractivity contribution in [2.24, 2.45) is 0 Å². The van der Waals surface area contributed by atoms with Gasteiger partial charge in [0.25, 0.3) is 10.0 Å². The van der Waals surface area contributed by atoms with E-state index in [-0.39, 0.29) is 4.90 Å². The summed E-state index contributed by atoms with van der Waals surface area (Å²) in [4.78, 5) is 0.286. The Morgan fingerprint density at radius 1 is 0.655 bits per heavy atom. The number of para-hydroxylation sites is 1. The number of hydrogen-bond donors (Lipinski definition) is 0. The van der Waals surface area contributed by atoms with Crippen molar-refractivity contribution in [1.82, 2.24) is 3.97 Å². The quantitative estimate of drug-likeness (QED) is 0.377. The lowest BCUT2D eigenvalue weighted by atomic mass is 10.0. The van der Waals surface area contributed by atoms with E-state index in [1.807, 2.05) is 61.5 Å². The Kier molecular flexibility index (Phi) is 4.03. The van der Waals surface area contributed by atoms with Crippen LogP contribution in [-0.2, 0) is 10.0 Å². The van der Waals surface area contributed by atoms with Crippen LogP contribution in [0.4, 0.5) is 0 Å². The molecular weight excluding hydrogens is 378 g/mol. The highest BCUT2D eigenvalue weighted by atomic mass is 32.2. The van der Waals surface area contributed by atoms with Crippen molar-refractivity contribution < 1.29 is 8.42 Å². The maximum absolute atomic E-state index is 13.4.